The number of carbonyl (C=O) groups is 1. The Morgan fingerprint density at radius 1 is 1.27 bits per heavy atom. The minimum Gasteiger partial charge on any atom is -0.369 e. The number of benzene rings is 1. The summed E-state index contributed by atoms with van der Waals surface area (Å²) >= 11 is 7.79. The first-order valence-electron chi connectivity index (χ1n) is 11.7. The molecule has 0 saturated carbocycles. The van der Waals surface area contributed by atoms with Crippen molar-refractivity contribution >= 4 is 39.5 Å². The number of amides is 1. The Hall–Kier alpha value is -2.07. The zero-order valence-electron chi connectivity index (χ0n) is 20.0. The van der Waals surface area contributed by atoms with E-state index in [1.165, 1.54) is 16.1 Å². The highest BCUT2D eigenvalue weighted by Crippen LogP contribution is 2.44. The number of nitrogens with zero attached hydrogens (tertiary/aromatic N) is 3. The topological polar surface area (TPSA) is 59.4 Å². The molecule has 1 aliphatic heterocycles. The Morgan fingerprint density at radius 2 is 2.00 bits per heavy atom. The van der Waals surface area contributed by atoms with Gasteiger partial charge < -0.3 is 10.2 Å². The van der Waals surface area contributed by atoms with Gasteiger partial charge >= 0.3 is 0 Å². The van der Waals surface area contributed by atoms with Crippen LogP contribution in [0.1, 0.15) is 48.8 Å². The van der Waals surface area contributed by atoms with Crippen LogP contribution in [0.3, 0.4) is 0 Å². The molecule has 1 amide bonds. The van der Waals surface area contributed by atoms with Gasteiger partial charge in [0.2, 0.25) is 5.91 Å². The molecule has 176 valence electrons. The van der Waals surface area contributed by atoms with Crippen molar-refractivity contribution in [2.75, 3.05) is 42.9 Å². The Kier molecular flexibility index (Phi) is 7.04. The predicted molar refractivity (Wildman–Crippen MR) is 137 cm³/mol. The maximum Gasteiger partial charge on any atom is 0.239 e. The first-order chi connectivity index (χ1) is 15.7. The summed E-state index contributed by atoms with van der Waals surface area (Å²) in [6.45, 7) is 12.7. The van der Waals surface area contributed by atoms with Crippen molar-refractivity contribution < 1.29 is 4.79 Å². The van der Waals surface area contributed by atoms with Gasteiger partial charge in [-0.3, -0.25) is 9.69 Å². The van der Waals surface area contributed by atoms with Crippen molar-refractivity contribution in [3.63, 3.8) is 0 Å². The van der Waals surface area contributed by atoms with Crippen LogP contribution in [0.25, 0.3) is 0 Å². The molecule has 4 rings (SSSR count). The number of fused-ring (bicyclic) bond motifs is 1. The Balaban J connectivity index is 1.36. The molecule has 5 nitrogen and oxygen atoms in total. The number of carbonyl (C=O) groups excluding carboxylic acids is 1. The summed E-state index contributed by atoms with van der Waals surface area (Å²) in [5.41, 5.74) is 4.47. The van der Waals surface area contributed by atoms with Crippen molar-refractivity contribution in [2.45, 2.75) is 47.0 Å². The average Bonchev–Trinajstić information content (AvgIpc) is 3.11. The molecule has 7 heteroatoms. The number of rotatable bonds is 4. The molecule has 2 aromatic rings. The van der Waals surface area contributed by atoms with E-state index in [2.05, 4.69) is 54.9 Å². The summed E-state index contributed by atoms with van der Waals surface area (Å²) in [4.78, 5) is 18.6. The number of nitrogens with one attached hydrogen (secondary N) is 1. The molecule has 1 atom stereocenters. The van der Waals surface area contributed by atoms with Crippen LogP contribution >= 0.6 is 22.9 Å². The van der Waals surface area contributed by atoms with Gasteiger partial charge in [0.05, 0.1) is 12.1 Å². The summed E-state index contributed by atoms with van der Waals surface area (Å²) < 4.78 is 0. The fourth-order valence-electron chi connectivity index (χ4n) is 4.97. The highest BCUT2D eigenvalue weighted by molar-refractivity contribution is 7.16. The van der Waals surface area contributed by atoms with E-state index in [1.54, 1.807) is 11.3 Å². The van der Waals surface area contributed by atoms with Gasteiger partial charge in [0.1, 0.15) is 11.1 Å². The second-order valence-corrected chi connectivity index (χ2v) is 11.9. The first-order valence-corrected chi connectivity index (χ1v) is 12.9. The van der Waals surface area contributed by atoms with E-state index < -0.39 is 0 Å². The molecule has 0 radical (unpaired) electrons. The Labute approximate surface area is 206 Å². The summed E-state index contributed by atoms with van der Waals surface area (Å²) in [6.07, 6.45) is 3.03. The van der Waals surface area contributed by atoms with E-state index in [0.717, 1.165) is 61.0 Å². The summed E-state index contributed by atoms with van der Waals surface area (Å²) in [7, 11) is 0. The number of hydrogen-bond donors (Lipinski definition) is 1. The Bertz CT molecular complexity index is 1070. The molecule has 0 bridgehead atoms. The van der Waals surface area contributed by atoms with E-state index >= 15 is 0 Å². The molecule has 0 spiro atoms. The quantitative estimate of drug-likeness (QED) is 0.623. The normalized spacial score (nSPS) is 19.2. The zero-order chi connectivity index (χ0) is 23.8. The fourth-order valence-corrected chi connectivity index (χ4v) is 6.43. The van der Waals surface area contributed by atoms with E-state index in [9.17, 15) is 10.1 Å². The number of nitriles is 1. The number of piperazine rings is 1. The van der Waals surface area contributed by atoms with Crippen molar-refractivity contribution in [2.24, 2.45) is 11.3 Å². The number of hydrogen-bond acceptors (Lipinski definition) is 5. The third-order valence-electron chi connectivity index (χ3n) is 7.11. The van der Waals surface area contributed by atoms with Crippen LogP contribution in [0.5, 0.6) is 0 Å². The Morgan fingerprint density at radius 3 is 2.67 bits per heavy atom. The van der Waals surface area contributed by atoms with Gasteiger partial charge in [0.15, 0.2) is 0 Å². The zero-order valence-corrected chi connectivity index (χ0v) is 21.6. The lowest BCUT2D eigenvalue weighted by molar-refractivity contribution is -0.117. The monoisotopic (exact) mass is 484 g/mol. The minimum atomic E-state index is -0.0372. The molecule has 2 heterocycles. The van der Waals surface area contributed by atoms with Gasteiger partial charge in [-0.1, -0.05) is 38.4 Å². The predicted octanol–water partition coefficient (Wildman–Crippen LogP) is 5.49. The van der Waals surface area contributed by atoms with Crippen LogP contribution in [0.15, 0.2) is 18.2 Å². The van der Waals surface area contributed by atoms with Crippen molar-refractivity contribution in [1.29, 1.82) is 5.26 Å². The van der Waals surface area contributed by atoms with Gasteiger partial charge in [-0.25, -0.2) is 0 Å². The van der Waals surface area contributed by atoms with Crippen LogP contribution in [0.4, 0.5) is 10.7 Å². The maximum atomic E-state index is 12.8. The summed E-state index contributed by atoms with van der Waals surface area (Å²) in [5, 5.41) is 14.3. The van der Waals surface area contributed by atoms with Crippen LogP contribution in [0, 0.1) is 29.6 Å². The van der Waals surface area contributed by atoms with Crippen LogP contribution in [0.2, 0.25) is 5.02 Å². The molecule has 1 saturated heterocycles. The van der Waals surface area contributed by atoms with Gasteiger partial charge in [0.25, 0.3) is 0 Å². The molecule has 1 N–H and O–H groups in total. The molecule has 33 heavy (non-hydrogen) atoms. The smallest absolute Gasteiger partial charge is 0.239 e. The SMILES string of the molecule is Cc1ccc(Cl)cc1N1CCN(CC(=O)Nc2sc3c(c2C#N)CCC(C(C)(C)C)C3)CC1. The number of aryl methyl sites for hydroxylation is 1. The highest BCUT2D eigenvalue weighted by Gasteiger charge is 2.32. The molecular weight excluding hydrogens is 452 g/mol. The molecule has 1 aromatic heterocycles. The highest BCUT2D eigenvalue weighted by atomic mass is 35.5. The maximum absolute atomic E-state index is 12.8. The lowest BCUT2D eigenvalue weighted by Crippen LogP contribution is -2.48. The molecule has 1 aromatic carbocycles. The van der Waals surface area contributed by atoms with E-state index in [0.29, 0.717) is 18.0 Å². The molecular formula is C26H33ClN4OS. The van der Waals surface area contributed by atoms with Gasteiger partial charge in [-0.05, 0) is 60.8 Å². The third-order valence-corrected chi connectivity index (χ3v) is 8.51. The van der Waals surface area contributed by atoms with Crippen molar-refractivity contribution in [3.05, 3.63) is 44.8 Å². The largest absolute Gasteiger partial charge is 0.369 e. The van der Waals surface area contributed by atoms with Crippen LogP contribution < -0.4 is 10.2 Å². The summed E-state index contributed by atoms with van der Waals surface area (Å²) in [6, 6.07) is 8.35. The second-order valence-electron chi connectivity index (χ2n) is 10.4. The first kappa shape index (κ1) is 24.1. The molecule has 1 fully saturated rings. The number of thiophene rings is 1. The summed E-state index contributed by atoms with van der Waals surface area (Å²) in [5.74, 6) is 0.572. The lowest BCUT2D eigenvalue weighted by atomic mass is 9.72. The van der Waals surface area contributed by atoms with Crippen molar-refractivity contribution in [3.8, 4) is 6.07 Å². The van der Waals surface area contributed by atoms with Gasteiger partial charge in [-0.2, -0.15) is 5.26 Å². The molecule has 2 aliphatic rings. The third kappa shape index (κ3) is 5.37. The molecule has 1 unspecified atom stereocenters. The fraction of sp³-hybridized carbons (Fsp3) is 0.538. The van der Waals surface area contributed by atoms with Gasteiger partial charge in [0, 0.05) is 41.8 Å². The van der Waals surface area contributed by atoms with Crippen molar-refractivity contribution in [1.82, 2.24) is 4.90 Å². The number of halogens is 1. The standard InChI is InChI=1S/C26H33ClN4OS/c1-17-5-7-19(27)14-22(17)31-11-9-30(10-12-31)16-24(32)29-25-21(15-28)20-8-6-18(26(2,3)4)13-23(20)33-25/h5,7,14,18H,6,8-13,16H2,1-4H3,(H,29,32). The van der Waals surface area contributed by atoms with E-state index in [-0.39, 0.29) is 11.3 Å². The second kappa shape index (κ2) is 9.66. The minimum absolute atomic E-state index is 0.0372. The van der Waals surface area contributed by atoms with Crippen LogP contribution in [-0.2, 0) is 17.6 Å². The molecule has 1 aliphatic carbocycles. The van der Waals surface area contributed by atoms with E-state index in [4.69, 9.17) is 11.6 Å². The van der Waals surface area contributed by atoms with Crippen LogP contribution in [-0.4, -0.2) is 43.5 Å². The van der Waals surface area contributed by atoms with E-state index in [1.807, 2.05) is 12.1 Å². The average molecular weight is 485 g/mol. The lowest BCUT2D eigenvalue weighted by Gasteiger charge is -2.36. The number of anilines is 2. The van der Waals surface area contributed by atoms with Gasteiger partial charge in [-0.15, -0.1) is 11.3 Å².